The molecule has 6 heteroatoms. The maximum absolute atomic E-state index is 12.3. The molecule has 0 atom stereocenters. The second kappa shape index (κ2) is 8.51. The summed E-state index contributed by atoms with van der Waals surface area (Å²) in [5.74, 6) is 0.196. The zero-order valence-corrected chi connectivity index (χ0v) is 15.0. The molecule has 1 fully saturated rings. The van der Waals surface area contributed by atoms with Gasteiger partial charge >= 0.3 is 6.03 Å². The first-order valence-electron chi connectivity index (χ1n) is 9.10. The molecule has 1 aromatic rings. The summed E-state index contributed by atoms with van der Waals surface area (Å²) in [6.07, 6.45) is 8.05. The lowest BCUT2D eigenvalue weighted by Gasteiger charge is -2.27. The molecule has 132 valence electrons. The maximum Gasteiger partial charge on any atom is 0.315 e. The van der Waals surface area contributed by atoms with Gasteiger partial charge < -0.3 is 15.5 Å². The van der Waals surface area contributed by atoms with Gasteiger partial charge in [0.2, 0.25) is 5.91 Å². The summed E-state index contributed by atoms with van der Waals surface area (Å²) < 4.78 is 0. The van der Waals surface area contributed by atoms with Gasteiger partial charge in [0.15, 0.2) is 0 Å². The summed E-state index contributed by atoms with van der Waals surface area (Å²) in [6, 6.07) is 2.36. The highest BCUT2D eigenvalue weighted by molar-refractivity contribution is 7.10. The van der Waals surface area contributed by atoms with E-state index in [-0.39, 0.29) is 11.9 Å². The van der Waals surface area contributed by atoms with E-state index < -0.39 is 0 Å². The average Bonchev–Trinajstić information content (AvgIpc) is 3.07. The third-order valence-electron chi connectivity index (χ3n) is 4.95. The number of thiophene rings is 1. The fourth-order valence-electron chi connectivity index (χ4n) is 3.54. The molecule has 1 saturated carbocycles. The van der Waals surface area contributed by atoms with Gasteiger partial charge in [0.25, 0.3) is 0 Å². The van der Waals surface area contributed by atoms with Crippen LogP contribution < -0.4 is 10.6 Å². The molecule has 1 aliphatic heterocycles. The van der Waals surface area contributed by atoms with Gasteiger partial charge in [-0.15, -0.1) is 11.3 Å². The van der Waals surface area contributed by atoms with Crippen LogP contribution in [0.1, 0.15) is 55.4 Å². The van der Waals surface area contributed by atoms with Crippen molar-refractivity contribution in [1.82, 2.24) is 15.5 Å². The quantitative estimate of drug-likeness (QED) is 0.803. The van der Waals surface area contributed by atoms with Crippen molar-refractivity contribution in [1.29, 1.82) is 0 Å². The van der Waals surface area contributed by atoms with E-state index in [1.165, 1.54) is 29.7 Å². The van der Waals surface area contributed by atoms with Crippen molar-refractivity contribution in [2.45, 2.75) is 64.0 Å². The SMILES string of the molecule is O=C(NCCCC(=O)N1CCc2sccc2C1)NC1CCCCC1. The molecule has 24 heavy (non-hydrogen) atoms. The Morgan fingerprint density at radius 1 is 1.25 bits per heavy atom. The number of carbonyl (C=O) groups excluding carboxylic acids is 2. The van der Waals surface area contributed by atoms with E-state index >= 15 is 0 Å². The number of urea groups is 1. The average molecular weight is 350 g/mol. The largest absolute Gasteiger partial charge is 0.338 e. The molecule has 1 aliphatic carbocycles. The number of hydrogen-bond donors (Lipinski definition) is 2. The van der Waals surface area contributed by atoms with Crippen molar-refractivity contribution in [2.24, 2.45) is 0 Å². The van der Waals surface area contributed by atoms with Crippen LogP contribution in [0.4, 0.5) is 4.79 Å². The molecule has 0 bridgehead atoms. The van der Waals surface area contributed by atoms with Crippen LogP contribution in [-0.4, -0.2) is 36.0 Å². The third kappa shape index (κ3) is 4.72. The van der Waals surface area contributed by atoms with Crippen LogP contribution in [0.15, 0.2) is 11.4 Å². The van der Waals surface area contributed by atoms with Crippen molar-refractivity contribution in [3.8, 4) is 0 Å². The Bertz CT molecular complexity index is 566. The molecule has 1 aromatic heterocycles. The van der Waals surface area contributed by atoms with Crippen LogP contribution in [0, 0.1) is 0 Å². The second-order valence-electron chi connectivity index (χ2n) is 6.77. The first-order valence-corrected chi connectivity index (χ1v) is 9.98. The first kappa shape index (κ1) is 17.3. The van der Waals surface area contributed by atoms with Crippen molar-refractivity contribution in [3.05, 3.63) is 21.9 Å². The summed E-state index contributed by atoms with van der Waals surface area (Å²) in [5, 5.41) is 8.02. The fourth-order valence-corrected chi connectivity index (χ4v) is 4.43. The Labute approximate surface area is 147 Å². The standard InChI is InChI=1S/C18H27N3O2S/c22-17(21-11-8-16-14(13-21)9-12-24-16)7-4-10-19-18(23)20-15-5-2-1-3-6-15/h9,12,15H,1-8,10-11,13H2,(H2,19,20,23). The molecule has 2 aliphatic rings. The number of hydrogen-bond acceptors (Lipinski definition) is 3. The summed E-state index contributed by atoms with van der Waals surface area (Å²) >= 11 is 1.79. The Morgan fingerprint density at radius 3 is 2.92 bits per heavy atom. The van der Waals surface area contributed by atoms with Crippen LogP contribution in [0.5, 0.6) is 0 Å². The third-order valence-corrected chi connectivity index (χ3v) is 5.98. The zero-order valence-electron chi connectivity index (χ0n) is 14.2. The second-order valence-corrected chi connectivity index (χ2v) is 7.77. The highest BCUT2D eigenvalue weighted by Crippen LogP contribution is 2.24. The molecule has 0 aromatic carbocycles. The number of nitrogens with one attached hydrogen (secondary N) is 2. The number of fused-ring (bicyclic) bond motifs is 1. The molecule has 0 unspecified atom stereocenters. The van der Waals surface area contributed by atoms with Gasteiger partial charge in [-0.25, -0.2) is 4.79 Å². The van der Waals surface area contributed by atoms with Crippen LogP contribution in [-0.2, 0) is 17.8 Å². The topological polar surface area (TPSA) is 61.4 Å². The van der Waals surface area contributed by atoms with E-state index in [0.29, 0.717) is 25.4 Å². The molecule has 0 spiro atoms. The summed E-state index contributed by atoms with van der Waals surface area (Å²) in [4.78, 5) is 27.5. The highest BCUT2D eigenvalue weighted by Gasteiger charge is 2.21. The van der Waals surface area contributed by atoms with Gasteiger partial charge in [-0.3, -0.25) is 4.79 Å². The van der Waals surface area contributed by atoms with E-state index in [9.17, 15) is 9.59 Å². The lowest BCUT2D eigenvalue weighted by Crippen LogP contribution is -2.43. The number of amides is 3. The van der Waals surface area contributed by atoms with E-state index in [4.69, 9.17) is 0 Å². The monoisotopic (exact) mass is 349 g/mol. The molecule has 2 N–H and O–H groups in total. The van der Waals surface area contributed by atoms with Crippen LogP contribution >= 0.6 is 11.3 Å². The minimum Gasteiger partial charge on any atom is -0.338 e. The molecule has 0 radical (unpaired) electrons. The van der Waals surface area contributed by atoms with E-state index in [0.717, 1.165) is 32.4 Å². The van der Waals surface area contributed by atoms with Gasteiger partial charge in [0, 0.05) is 37.0 Å². The van der Waals surface area contributed by atoms with Gasteiger partial charge in [-0.2, -0.15) is 0 Å². The van der Waals surface area contributed by atoms with Crippen molar-refractivity contribution in [3.63, 3.8) is 0 Å². The Balaban J connectivity index is 1.30. The predicted molar refractivity (Wildman–Crippen MR) is 96.1 cm³/mol. The molecule has 3 rings (SSSR count). The minimum absolute atomic E-state index is 0.0877. The fraction of sp³-hybridized carbons (Fsp3) is 0.667. The van der Waals surface area contributed by atoms with Gasteiger partial charge in [-0.1, -0.05) is 19.3 Å². The molecular formula is C18H27N3O2S. The molecule has 2 heterocycles. The smallest absolute Gasteiger partial charge is 0.315 e. The van der Waals surface area contributed by atoms with Crippen molar-refractivity contribution in [2.75, 3.05) is 13.1 Å². The van der Waals surface area contributed by atoms with Crippen molar-refractivity contribution >= 4 is 23.3 Å². The molecular weight excluding hydrogens is 322 g/mol. The van der Waals surface area contributed by atoms with Crippen LogP contribution in [0.3, 0.4) is 0 Å². The number of rotatable bonds is 5. The molecule has 0 saturated heterocycles. The maximum atomic E-state index is 12.3. The van der Waals surface area contributed by atoms with Gasteiger partial charge in [0.1, 0.15) is 0 Å². The number of nitrogens with zero attached hydrogens (tertiary/aromatic N) is 1. The van der Waals surface area contributed by atoms with Gasteiger partial charge in [0.05, 0.1) is 0 Å². The zero-order chi connectivity index (χ0) is 16.8. The van der Waals surface area contributed by atoms with E-state index in [1.807, 2.05) is 4.90 Å². The predicted octanol–water partition coefficient (Wildman–Crippen LogP) is 3.04. The van der Waals surface area contributed by atoms with Crippen LogP contribution in [0.25, 0.3) is 0 Å². The Kier molecular flexibility index (Phi) is 6.12. The highest BCUT2D eigenvalue weighted by atomic mass is 32.1. The van der Waals surface area contributed by atoms with Gasteiger partial charge in [-0.05, 0) is 42.7 Å². The van der Waals surface area contributed by atoms with Crippen molar-refractivity contribution < 1.29 is 9.59 Å². The summed E-state index contributed by atoms with van der Waals surface area (Å²) in [5.41, 5.74) is 1.30. The Morgan fingerprint density at radius 2 is 2.08 bits per heavy atom. The molecule has 3 amide bonds. The van der Waals surface area contributed by atoms with E-state index in [1.54, 1.807) is 11.3 Å². The minimum atomic E-state index is -0.0877. The first-order chi connectivity index (χ1) is 11.7. The summed E-state index contributed by atoms with van der Waals surface area (Å²) in [7, 11) is 0. The molecule has 5 nitrogen and oxygen atoms in total. The Hall–Kier alpha value is -1.56. The van der Waals surface area contributed by atoms with Crippen LogP contribution in [0.2, 0.25) is 0 Å². The normalized spacial score (nSPS) is 18.1. The lowest BCUT2D eigenvalue weighted by atomic mass is 9.96. The summed E-state index contributed by atoms with van der Waals surface area (Å²) in [6.45, 7) is 2.12. The van der Waals surface area contributed by atoms with E-state index in [2.05, 4.69) is 22.1 Å². The number of carbonyl (C=O) groups is 2. The lowest BCUT2D eigenvalue weighted by molar-refractivity contribution is -0.132.